The Morgan fingerprint density at radius 1 is 1.47 bits per heavy atom. The van der Waals surface area contributed by atoms with Gasteiger partial charge in [-0.25, -0.2) is 9.78 Å². The van der Waals surface area contributed by atoms with Crippen LogP contribution in [-0.2, 0) is 19.9 Å². The zero-order valence-corrected chi connectivity index (χ0v) is 10.5. The Morgan fingerprint density at radius 2 is 2.26 bits per heavy atom. The number of ether oxygens (including phenoxy) is 1. The van der Waals surface area contributed by atoms with E-state index in [2.05, 4.69) is 15.1 Å². The maximum atomic E-state index is 11.2. The molecule has 0 fully saturated rings. The molecule has 2 aromatic heterocycles. The van der Waals surface area contributed by atoms with Crippen LogP contribution in [0.1, 0.15) is 21.6 Å². The minimum Gasteiger partial charge on any atom is -0.476 e. The van der Waals surface area contributed by atoms with E-state index in [9.17, 15) is 4.79 Å². The van der Waals surface area contributed by atoms with Gasteiger partial charge in [-0.3, -0.25) is 4.68 Å². The molecule has 2 heterocycles. The van der Waals surface area contributed by atoms with Gasteiger partial charge in [-0.1, -0.05) is 0 Å². The summed E-state index contributed by atoms with van der Waals surface area (Å²) in [7, 11) is 3.21. The Balaban J connectivity index is 2.26. The van der Waals surface area contributed by atoms with Crippen LogP contribution in [0.4, 0.5) is 0 Å². The second kappa shape index (κ2) is 4.04. The third kappa shape index (κ3) is 1.66. The molecule has 0 aliphatic heterocycles. The van der Waals surface area contributed by atoms with Crippen LogP contribution in [0.2, 0.25) is 0 Å². The van der Waals surface area contributed by atoms with Crippen molar-refractivity contribution in [3.05, 3.63) is 23.0 Å². The Bertz CT molecular complexity index is 678. The van der Waals surface area contributed by atoms with Crippen LogP contribution >= 0.6 is 0 Å². The molecule has 98 valence electrons. The third-order valence-corrected chi connectivity index (χ3v) is 3.24. The van der Waals surface area contributed by atoms with Crippen LogP contribution in [0, 0.1) is 0 Å². The molecule has 3 rings (SSSR count). The summed E-state index contributed by atoms with van der Waals surface area (Å²) in [5.74, 6) is -1.01. The fraction of sp³-hybridized carbons (Fsp3) is 0.333. The van der Waals surface area contributed by atoms with E-state index >= 15 is 0 Å². The summed E-state index contributed by atoms with van der Waals surface area (Å²) >= 11 is 0. The molecule has 0 aromatic carbocycles. The molecule has 0 unspecified atom stereocenters. The molecule has 0 saturated carbocycles. The molecule has 0 radical (unpaired) electrons. The number of fused-ring (bicyclic) bond motifs is 3. The van der Waals surface area contributed by atoms with Gasteiger partial charge in [0.15, 0.2) is 5.69 Å². The lowest BCUT2D eigenvalue weighted by Crippen LogP contribution is -2.10. The van der Waals surface area contributed by atoms with Gasteiger partial charge < -0.3 is 9.84 Å². The molecule has 1 aliphatic carbocycles. The van der Waals surface area contributed by atoms with E-state index < -0.39 is 5.97 Å². The number of aryl methyl sites for hydroxylation is 2. The first-order valence-corrected chi connectivity index (χ1v) is 5.81. The molecule has 7 heteroatoms. The molecular weight excluding hydrogens is 248 g/mol. The molecule has 2 aromatic rings. The number of carboxylic acid groups (broad SMARTS) is 1. The number of hydrogen-bond acceptors (Lipinski definition) is 5. The lowest BCUT2D eigenvalue weighted by atomic mass is 9.93. The number of aromatic carboxylic acids is 1. The SMILES string of the molecule is COc1ncc2c(n1)-c1c(c(C(=O)O)nn1C)CC2. The Morgan fingerprint density at radius 3 is 2.95 bits per heavy atom. The highest BCUT2D eigenvalue weighted by atomic mass is 16.5. The number of hydrogen-bond donors (Lipinski definition) is 1. The van der Waals surface area contributed by atoms with E-state index in [1.165, 1.54) is 7.11 Å². The predicted octanol–water partition coefficient (Wildman–Crippen LogP) is 0.682. The second-order valence-corrected chi connectivity index (χ2v) is 4.34. The number of methoxy groups -OCH3 is 1. The van der Waals surface area contributed by atoms with Crippen molar-refractivity contribution in [2.75, 3.05) is 7.11 Å². The van der Waals surface area contributed by atoms with Crippen molar-refractivity contribution in [1.82, 2.24) is 19.7 Å². The molecular formula is C12H12N4O3. The van der Waals surface area contributed by atoms with Crippen molar-refractivity contribution in [1.29, 1.82) is 0 Å². The minimum absolute atomic E-state index is 0.0979. The largest absolute Gasteiger partial charge is 0.476 e. The summed E-state index contributed by atoms with van der Waals surface area (Å²) < 4.78 is 6.58. The summed E-state index contributed by atoms with van der Waals surface area (Å²) in [5, 5.41) is 13.2. The van der Waals surface area contributed by atoms with E-state index in [-0.39, 0.29) is 11.7 Å². The minimum atomic E-state index is -1.01. The van der Waals surface area contributed by atoms with Crippen LogP contribution in [0.25, 0.3) is 11.4 Å². The van der Waals surface area contributed by atoms with E-state index in [4.69, 9.17) is 9.84 Å². The van der Waals surface area contributed by atoms with E-state index in [1.54, 1.807) is 17.9 Å². The fourth-order valence-electron chi connectivity index (χ4n) is 2.41. The highest BCUT2D eigenvalue weighted by molar-refractivity contribution is 5.90. The molecule has 0 atom stereocenters. The van der Waals surface area contributed by atoms with E-state index in [1.807, 2.05) is 0 Å². The highest BCUT2D eigenvalue weighted by Crippen LogP contribution is 2.33. The van der Waals surface area contributed by atoms with Crippen molar-refractivity contribution in [2.24, 2.45) is 7.05 Å². The first-order chi connectivity index (χ1) is 9.11. The van der Waals surface area contributed by atoms with Crippen molar-refractivity contribution >= 4 is 5.97 Å². The maximum absolute atomic E-state index is 11.2. The van der Waals surface area contributed by atoms with Crippen LogP contribution in [0.15, 0.2) is 6.20 Å². The lowest BCUT2D eigenvalue weighted by Gasteiger charge is -2.16. The van der Waals surface area contributed by atoms with Gasteiger partial charge in [0.05, 0.1) is 18.5 Å². The summed E-state index contributed by atoms with van der Waals surface area (Å²) in [5.41, 5.74) is 3.24. The molecule has 0 saturated heterocycles. The van der Waals surface area contributed by atoms with Crippen LogP contribution < -0.4 is 4.74 Å². The van der Waals surface area contributed by atoms with E-state index in [0.29, 0.717) is 18.5 Å². The normalized spacial score (nSPS) is 12.7. The molecule has 0 amide bonds. The van der Waals surface area contributed by atoms with Gasteiger partial charge in [-0.05, 0) is 18.4 Å². The summed E-state index contributed by atoms with van der Waals surface area (Å²) in [6, 6.07) is 0.268. The topological polar surface area (TPSA) is 90.1 Å². The molecule has 0 spiro atoms. The molecule has 0 bridgehead atoms. The monoisotopic (exact) mass is 260 g/mol. The number of nitrogens with zero attached hydrogens (tertiary/aromatic N) is 4. The quantitative estimate of drug-likeness (QED) is 0.854. The molecule has 1 aliphatic rings. The van der Waals surface area contributed by atoms with Gasteiger partial charge in [0, 0.05) is 18.8 Å². The van der Waals surface area contributed by atoms with Gasteiger partial charge in [0.1, 0.15) is 0 Å². The average Bonchev–Trinajstić information content (AvgIpc) is 2.76. The Hall–Kier alpha value is -2.44. The Labute approximate surface area is 108 Å². The first kappa shape index (κ1) is 11.6. The highest BCUT2D eigenvalue weighted by Gasteiger charge is 2.28. The third-order valence-electron chi connectivity index (χ3n) is 3.24. The van der Waals surface area contributed by atoms with Crippen molar-refractivity contribution in [2.45, 2.75) is 12.8 Å². The van der Waals surface area contributed by atoms with Crippen molar-refractivity contribution in [3.63, 3.8) is 0 Å². The molecule has 1 N–H and O–H groups in total. The van der Waals surface area contributed by atoms with Crippen molar-refractivity contribution < 1.29 is 14.6 Å². The second-order valence-electron chi connectivity index (χ2n) is 4.34. The van der Waals surface area contributed by atoms with Gasteiger partial charge in [-0.2, -0.15) is 10.1 Å². The van der Waals surface area contributed by atoms with Crippen LogP contribution in [-0.4, -0.2) is 37.9 Å². The van der Waals surface area contributed by atoms with Crippen LogP contribution in [0.5, 0.6) is 6.01 Å². The number of carboxylic acids is 1. The van der Waals surface area contributed by atoms with Crippen molar-refractivity contribution in [3.8, 4) is 17.4 Å². The summed E-state index contributed by atoms with van der Waals surface area (Å²) in [4.78, 5) is 19.6. The van der Waals surface area contributed by atoms with Gasteiger partial charge >= 0.3 is 12.0 Å². The number of rotatable bonds is 2. The zero-order valence-electron chi connectivity index (χ0n) is 10.5. The number of aromatic nitrogens is 4. The van der Waals surface area contributed by atoms with E-state index in [0.717, 1.165) is 16.8 Å². The predicted molar refractivity (Wildman–Crippen MR) is 65.2 cm³/mol. The maximum Gasteiger partial charge on any atom is 0.356 e. The summed E-state index contributed by atoms with van der Waals surface area (Å²) in [6.07, 6.45) is 3.06. The smallest absolute Gasteiger partial charge is 0.356 e. The molecule has 19 heavy (non-hydrogen) atoms. The lowest BCUT2D eigenvalue weighted by molar-refractivity contribution is 0.0688. The van der Waals surface area contributed by atoms with Gasteiger partial charge in [-0.15, -0.1) is 0 Å². The van der Waals surface area contributed by atoms with Gasteiger partial charge in [0.2, 0.25) is 0 Å². The standard InChI is InChI=1S/C12H12N4O3/c1-16-10-7(9(15-16)11(17)18)4-3-6-5-13-12(19-2)14-8(6)10/h5H,3-4H2,1-2H3,(H,17,18). The Kier molecular flexibility index (Phi) is 2.48. The first-order valence-electron chi connectivity index (χ1n) is 5.81. The average molecular weight is 260 g/mol. The summed E-state index contributed by atoms with van der Waals surface area (Å²) in [6.45, 7) is 0. The van der Waals surface area contributed by atoms with Crippen LogP contribution in [0.3, 0.4) is 0 Å². The zero-order chi connectivity index (χ0) is 13.6. The van der Waals surface area contributed by atoms with Gasteiger partial charge in [0.25, 0.3) is 0 Å². The fourth-order valence-corrected chi connectivity index (χ4v) is 2.41. The molecule has 7 nitrogen and oxygen atoms in total. The number of carbonyl (C=O) groups is 1.